The Morgan fingerprint density at radius 2 is 1.70 bits per heavy atom. The molecule has 0 fully saturated rings. The van der Waals surface area contributed by atoms with Crippen molar-refractivity contribution >= 4 is 28.0 Å². The number of nitrogens with zero attached hydrogens (tertiary/aromatic N) is 2. The van der Waals surface area contributed by atoms with Crippen LogP contribution >= 0.6 is 12.2 Å². The van der Waals surface area contributed by atoms with Gasteiger partial charge in [0, 0.05) is 32.1 Å². The summed E-state index contributed by atoms with van der Waals surface area (Å²) in [6, 6.07) is 19.8. The number of ether oxygens (including phenoxy) is 2. The summed E-state index contributed by atoms with van der Waals surface area (Å²) in [6.07, 6.45) is 2.83. The fourth-order valence-electron chi connectivity index (χ4n) is 4.81. The van der Waals surface area contributed by atoms with Gasteiger partial charge in [0.1, 0.15) is 0 Å². The van der Waals surface area contributed by atoms with Crippen LogP contribution in [0.15, 0.2) is 54.6 Å². The zero-order valence-electron chi connectivity index (χ0n) is 20.1. The molecule has 0 aromatic heterocycles. The number of fused-ring (bicyclic) bond motifs is 2. The molecule has 0 saturated carbocycles. The summed E-state index contributed by atoms with van der Waals surface area (Å²) in [5, 5.41) is 2.65. The minimum atomic E-state index is 0.358. The van der Waals surface area contributed by atoms with Crippen molar-refractivity contribution in [3.05, 3.63) is 71.3 Å². The summed E-state index contributed by atoms with van der Waals surface area (Å²) in [4.78, 5) is 5.85. The van der Waals surface area contributed by atoms with Crippen LogP contribution in [0.1, 0.15) is 36.1 Å². The fraction of sp³-hybridized carbons (Fsp3) is 0.393. The van der Waals surface area contributed by atoms with Gasteiger partial charge in [0.2, 0.25) is 0 Å². The minimum absolute atomic E-state index is 0.358. The number of hydrogen-bond donors (Lipinski definition) is 0. The van der Waals surface area contributed by atoms with Crippen molar-refractivity contribution in [2.75, 3.05) is 40.9 Å². The predicted octanol–water partition coefficient (Wildman–Crippen LogP) is 5.67. The first-order chi connectivity index (χ1) is 16.0. The average molecular weight is 463 g/mol. The van der Waals surface area contributed by atoms with Crippen LogP contribution in [0, 0.1) is 0 Å². The molecule has 1 heterocycles. The molecule has 0 bridgehead atoms. The van der Waals surface area contributed by atoms with E-state index in [-0.39, 0.29) is 0 Å². The molecular weight excluding hydrogens is 428 g/mol. The molecule has 0 amide bonds. The molecule has 0 saturated heterocycles. The smallest absolute Gasteiger partial charge is 0.161 e. The number of rotatable bonds is 8. The van der Waals surface area contributed by atoms with E-state index in [1.165, 1.54) is 27.5 Å². The van der Waals surface area contributed by atoms with Crippen molar-refractivity contribution in [2.45, 2.75) is 32.2 Å². The Morgan fingerprint density at radius 1 is 1.00 bits per heavy atom. The highest BCUT2D eigenvalue weighted by molar-refractivity contribution is 7.80. The molecule has 1 atom stereocenters. The standard InChI is InChI=1S/C28H34N2O2S/c1-20(24-12-7-10-21-9-5-6-11-25(21)24)29(2)14-8-15-30-16-13-22-17-26(31-3)27(32-4)18-23(22)19-28(30)33/h5-7,9-12,17-18,20H,8,13-16,19H2,1-4H3. The van der Waals surface area contributed by atoms with Gasteiger partial charge < -0.3 is 14.4 Å². The fourth-order valence-corrected chi connectivity index (χ4v) is 5.15. The van der Waals surface area contributed by atoms with Gasteiger partial charge in [-0.05, 0) is 66.4 Å². The quantitative estimate of drug-likeness (QED) is 0.402. The second kappa shape index (κ2) is 10.5. The van der Waals surface area contributed by atoms with Crippen LogP contribution in [0.5, 0.6) is 11.5 Å². The summed E-state index contributed by atoms with van der Waals surface area (Å²) in [5.41, 5.74) is 3.94. The van der Waals surface area contributed by atoms with Crippen molar-refractivity contribution in [3.8, 4) is 11.5 Å². The summed E-state index contributed by atoms with van der Waals surface area (Å²) < 4.78 is 11.0. The van der Waals surface area contributed by atoms with Crippen LogP contribution in [-0.4, -0.2) is 55.7 Å². The summed E-state index contributed by atoms with van der Waals surface area (Å²) in [7, 11) is 5.59. The Morgan fingerprint density at radius 3 is 2.45 bits per heavy atom. The second-order valence-corrected chi connectivity index (χ2v) is 9.33. The lowest BCUT2D eigenvalue weighted by Gasteiger charge is -2.28. The van der Waals surface area contributed by atoms with Crippen molar-refractivity contribution in [3.63, 3.8) is 0 Å². The molecule has 3 aromatic rings. The lowest BCUT2D eigenvalue weighted by molar-refractivity contribution is 0.248. The molecule has 0 spiro atoms. The van der Waals surface area contributed by atoms with E-state index < -0.39 is 0 Å². The lowest BCUT2D eigenvalue weighted by Crippen LogP contribution is -2.34. The number of benzene rings is 3. The third-order valence-electron chi connectivity index (χ3n) is 6.92. The SMILES string of the molecule is COc1cc2c(cc1OC)CC(=S)N(CCCN(C)C(C)c1cccc3ccccc13)CC2. The molecule has 4 rings (SSSR count). The van der Waals surface area contributed by atoms with E-state index in [0.29, 0.717) is 6.04 Å². The number of thiocarbonyl (C=S) groups is 1. The van der Waals surface area contributed by atoms with Crippen LogP contribution in [-0.2, 0) is 12.8 Å². The Kier molecular flexibility index (Phi) is 7.51. The first kappa shape index (κ1) is 23.5. The first-order valence-electron chi connectivity index (χ1n) is 11.7. The zero-order chi connectivity index (χ0) is 23.4. The van der Waals surface area contributed by atoms with Gasteiger partial charge in [-0.3, -0.25) is 4.90 Å². The largest absolute Gasteiger partial charge is 0.493 e. The Labute approximate surface area is 203 Å². The van der Waals surface area contributed by atoms with E-state index in [9.17, 15) is 0 Å². The van der Waals surface area contributed by atoms with Gasteiger partial charge in [-0.1, -0.05) is 54.7 Å². The topological polar surface area (TPSA) is 24.9 Å². The monoisotopic (exact) mass is 462 g/mol. The van der Waals surface area contributed by atoms with Gasteiger partial charge in [-0.15, -0.1) is 0 Å². The maximum absolute atomic E-state index is 5.83. The molecule has 174 valence electrons. The van der Waals surface area contributed by atoms with Crippen LogP contribution < -0.4 is 9.47 Å². The highest BCUT2D eigenvalue weighted by atomic mass is 32.1. The summed E-state index contributed by atoms with van der Waals surface area (Å²) in [6.45, 7) is 5.26. The highest BCUT2D eigenvalue weighted by Crippen LogP contribution is 2.33. The third-order valence-corrected chi connectivity index (χ3v) is 7.33. The maximum atomic E-state index is 5.83. The molecule has 1 aliphatic rings. The highest BCUT2D eigenvalue weighted by Gasteiger charge is 2.21. The maximum Gasteiger partial charge on any atom is 0.161 e. The van der Waals surface area contributed by atoms with Crippen LogP contribution in [0.3, 0.4) is 0 Å². The molecular formula is C28H34N2O2S. The summed E-state index contributed by atoms with van der Waals surface area (Å²) >= 11 is 5.83. The molecule has 33 heavy (non-hydrogen) atoms. The van der Waals surface area contributed by atoms with E-state index in [1.54, 1.807) is 14.2 Å². The minimum Gasteiger partial charge on any atom is -0.493 e. The first-order valence-corrected chi connectivity index (χ1v) is 12.1. The molecule has 1 aliphatic heterocycles. The Balaban J connectivity index is 1.37. The molecule has 0 N–H and O–H groups in total. The van der Waals surface area contributed by atoms with E-state index >= 15 is 0 Å². The van der Waals surface area contributed by atoms with Gasteiger partial charge in [-0.25, -0.2) is 0 Å². The van der Waals surface area contributed by atoms with Gasteiger partial charge in [-0.2, -0.15) is 0 Å². The normalized spacial score (nSPS) is 14.8. The van der Waals surface area contributed by atoms with E-state index in [4.69, 9.17) is 21.7 Å². The molecule has 3 aromatic carbocycles. The Bertz CT molecular complexity index is 1120. The number of hydrogen-bond acceptors (Lipinski definition) is 4. The molecule has 4 nitrogen and oxygen atoms in total. The van der Waals surface area contributed by atoms with Crippen molar-refractivity contribution in [1.82, 2.24) is 9.80 Å². The van der Waals surface area contributed by atoms with Gasteiger partial charge in [0.15, 0.2) is 11.5 Å². The van der Waals surface area contributed by atoms with Gasteiger partial charge >= 0.3 is 0 Å². The molecule has 0 aliphatic carbocycles. The summed E-state index contributed by atoms with van der Waals surface area (Å²) in [5.74, 6) is 1.57. The van der Waals surface area contributed by atoms with Crippen molar-refractivity contribution in [1.29, 1.82) is 0 Å². The predicted molar refractivity (Wildman–Crippen MR) is 141 cm³/mol. The van der Waals surface area contributed by atoms with E-state index in [2.05, 4.69) is 78.4 Å². The van der Waals surface area contributed by atoms with Gasteiger partial charge in [0.05, 0.1) is 19.2 Å². The number of methoxy groups -OCH3 is 2. The molecule has 0 radical (unpaired) electrons. The van der Waals surface area contributed by atoms with E-state index in [0.717, 1.165) is 55.4 Å². The lowest BCUT2D eigenvalue weighted by atomic mass is 9.99. The third kappa shape index (κ3) is 5.15. The Hall–Kier alpha value is -2.63. The van der Waals surface area contributed by atoms with Crippen molar-refractivity contribution < 1.29 is 9.47 Å². The van der Waals surface area contributed by atoms with Crippen molar-refractivity contribution in [2.24, 2.45) is 0 Å². The molecule has 5 heteroatoms. The van der Waals surface area contributed by atoms with E-state index in [1.807, 2.05) is 0 Å². The second-order valence-electron chi connectivity index (χ2n) is 8.86. The van der Waals surface area contributed by atoms with Crippen LogP contribution in [0.2, 0.25) is 0 Å². The zero-order valence-corrected chi connectivity index (χ0v) is 21.0. The van der Waals surface area contributed by atoms with Crippen LogP contribution in [0.4, 0.5) is 0 Å². The van der Waals surface area contributed by atoms with Crippen LogP contribution in [0.25, 0.3) is 10.8 Å². The average Bonchev–Trinajstić information content (AvgIpc) is 2.99. The van der Waals surface area contributed by atoms with Gasteiger partial charge in [0.25, 0.3) is 0 Å². The molecule has 1 unspecified atom stereocenters.